The molecule has 0 radical (unpaired) electrons. The first-order chi connectivity index (χ1) is 12.8. The van der Waals surface area contributed by atoms with Crippen LogP contribution >= 0.6 is 0 Å². The molecule has 1 amide bonds. The number of carbonyl (C=O) groups is 1. The number of nitrogens with zero attached hydrogens (tertiary/aromatic N) is 2. The number of benzene rings is 2. The van der Waals surface area contributed by atoms with Crippen LogP contribution in [0.3, 0.4) is 0 Å². The molecule has 26 heavy (non-hydrogen) atoms. The second kappa shape index (κ2) is 7.56. The van der Waals surface area contributed by atoms with E-state index in [4.69, 9.17) is 0 Å². The topological polar surface area (TPSA) is 46.4 Å². The summed E-state index contributed by atoms with van der Waals surface area (Å²) in [6.45, 7) is 0. The Morgan fingerprint density at radius 1 is 1.04 bits per heavy atom. The van der Waals surface area contributed by atoms with E-state index in [2.05, 4.69) is 27.5 Å². The van der Waals surface area contributed by atoms with Crippen molar-refractivity contribution in [3.63, 3.8) is 0 Å². The van der Waals surface area contributed by atoms with Gasteiger partial charge in [-0.3, -0.25) is 4.79 Å². The maximum atomic E-state index is 12.5. The first-order valence-corrected chi connectivity index (χ1v) is 9.30. The summed E-state index contributed by atoms with van der Waals surface area (Å²) >= 11 is 0. The van der Waals surface area contributed by atoms with E-state index in [-0.39, 0.29) is 5.91 Å². The van der Waals surface area contributed by atoms with E-state index >= 15 is 0 Å². The maximum Gasteiger partial charge on any atom is 0.271 e. The Morgan fingerprint density at radius 3 is 2.73 bits per heavy atom. The van der Waals surface area contributed by atoms with Gasteiger partial charge in [-0.15, -0.1) is 0 Å². The molecule has 0 bridgehead atoms. The van der Waals surface area contributed by atoms with E-state index < -0.39 is 0 Å². The molecule has 1 N–H and O–H groups in total. The van der Waals surface area contributed by atoms with Crippen molar-refractivity contribution in [3.05, 3.63) is 72.1 Å². The molecule has 1 saturated carbocycles. The summed E-state index contributed by atoms with van der Waals surface area (Å²) in [6.07, 6.45) is 12.4. The summed E-state index contributed by atoms with van der Waals surface area (Å²) in [5.41, 5.74) is 4.30. The van der Waals surface area contributed by atoms with Gasteiger partial charge in [0.05, 0.1) is 6.21 Å². The normalized spacial score (nSPS) is 15.5. The predicted molar refractivity (Wildman–Crippen MR) is 106 cm³/mol. The van der Waals surface area contributed by atoms with Crippen LogP contribution < -0.4 is 5.43 Å². The summed E-state index contributed by atoms with van der Waals surface area (Å²) in [5, 5.41) is 6.13. The zero-order valence-electron chi connectivity index (χ0n) is 14.8. The van der Waals surface area contributed by atoms with Crippen LogP contribution in [0, 0.1) is 0 Å². The Morgan fingerprint density at radius 2 is 1.85 bits per heavy atom. The number of fused-ring (bicyclic) bond motifs is 1. The monoisotopic (exact) mass is 345 g/mol. The van der Waals surface area contributed by atoms with Gasteiger partial charge in [0.25, 0.3) is 5.91 Å². The van der Waals surface area contributed by atoms with Crippen molar-refractivity contribution in [2.24, 2.45) is 5.10 Å². The van der Waals surface area contributed by atoms with E-state index in [0.717, 1.165) is 16.3 Å². The van der Waals surface area contributed by atoms with Crippen LogP contribution in [0.1, 0.15) is 54.1 Å². The van der Waals surface area contributed by atoms with Crippen LogP contribution in [0.25, 0.3) is 10.8 Å². The van der Waals surface area contributed by atoms with Gasteiger partial charge < -0.3 is 4.57 Å². The second-order valence-corrected chi connectivity index (χ2v) is 6.91. The van der Waals surface area contributed by atoms with Gasteiger partial charge in [-0.25, -0.2) is 5.43 Å². The van der Waals surface area contributed by atoms with Crippen LogP contribution in [0.15, 0.2) is 66.0 Å². The molecule has 0 aliphatic heterocycles. The molecule has 4 heteroatoms. The first-order valence-electron chi connectivity index (χ1n) is 9.30. The van der Waals surface area contributed by atoms with Gasteiger partial charge in [0, 0.05) is 29.6 Å². The molecule has 2 aromatic carbocycles. The molecule has 0 spiro atoms. The van der Waals surface area contributed by atoms with Crippen molar-refractivity contribution < 1.29 is 4.79 Å². The van der Waals surface area contributed by atoms with Gasteiger partial charge in [0.15, 0.2) is 0 Å². The van der Waals surface area contributed by atoms with E-state index in [0.29, 0.717) is 11.6 Å². The van der Waals surface area contributed by atoms with Crippen LogP contribution in [0.4, 0.5) is 0 Å². The van der Waals surface area contributed by atoms with Gasteiger partial charge in [0.2, 0.25) is 0 Å². The molecular formula is C22H23N3O. The number of carbonyl (C=O) groups excluding carboxylic acids is 1. The third-order valence-corrected chi connectivity index (χ3v) is 5.15. The summed E-state index contributed by atoms with van der Waals surface area (Å²) in [7, 11) is 0. The van der Waals surface area contributed by atoms with Crippen molar-refractivity contribution in [1.82, 2.24) is 9.99 Å². The molecule has 1 heterocycles. The number of hydrogen-bond donors (Lipinski definition) is 1. The second-order valence-electron chi connectivity index (χ2n) is 6.91. The van der Waals surface area contributed by atoms with Crippen LogP contribution in [-0.4, -0.2) is 16.7 Å². The number of nitrogens with one attached hydrogen (secondary N) is 1. The van der Waals surface area contributed by atoms with Gasteiger partial charge >= 0.3 is 0 Å². The summed E-state index contributed by atoms with van der Waals surface area (Å²) in [4.78, 5) is 12.5. The van der Waals surface area contributed by atoms with Crippen LogP contribution in [0.2, 0.25) is 0 Å². The largest absolute Gasteiger partial charge is 0.351 e. The molecule has 1 aliphatic carbocycles. The molecule has 1 aromatic heterocycles. The van der Waals surface area contributed by atoms with Gasteiger partial charge in [-0.1, -0.05) is 55.7 Å². The number of rotatable bonds is 4. The SMILES string of the molecule is O=C(N/N=C\c1ccn(C2CCCCC2)c1)c1cccc2ccccc12. The highest BCUT2D eigenvalue weighted by Gasteiger charge is 2.14. The summed E-state index contributed by atoms with van der Waals surface area (Å²) in [6, 6.07) is 16.2. The molecule has 3 aromatic rings. The maximum absolute atomic E-state index is 12.5. The zero-order chi connectivity index (χ0) is 17.8. The van der Waals surface area contributed by atoms with Crippen molar-refractivity contribution in [2.75, 3.05) is 0 Å². The minimum absolute atomic E-state index is 0.190. The third kappa shape index (κ3) is 3.54. The smallest absolute Gasteiger partial charge is 0.271 e. The number of aromatic nitrogens is 1. The summed E-state index contributed by atoms with van der Waals surface area (Å²) < 4.78 is 2.28. The fourth-order valence-corrected chi connectivity index (χ4v) is 3.76. The molecular weight excluding hydrogens is 322 g/mol. The van der Waals surface area contributed by atoms with E-state index in [1.165, 1.54) is 32.1 Å². The Kier molecular flexibility index (Phi) is 4.82. The van der Waals surface area contributed by atoms with Gasteiger partial charge in [-0.2, -0.15) is 5.10 Å². The Hall–Kier alpha value is -2.88. The minimum Gasteiger partial charge on any atom is -0.351 e. The molecule has 1 aliphatic rings. The fraction of sp³-hybridized carbons (Fsp3) is 0.273. The number of hydrazone groups is 1. The van der Waals surface area contributed by atoms with Gasteiger partial charge in [0.1, 0.15) is 0 Å². The average Bonchev–Trinajstić information content (AvgIpc) is 3.17. The highest BCUT2D eigenvalue weighted by Crippen LogP contribution is 2.28. The fourth-order valence-electron chi connectivity index (χ4n) is 3.76. The van der Waals surface area contributed by atoms with Crippen molar-refractivity contribution in [1.29, 1.82) is 0 Å². The van der Waals surface area contributed by atoms with Crippen LogP contribution in [0.5, 0.6) is 0 Å². The van der Waals surface area contributed by atoms with E-state index in [1.54, 1.807) is 6.21 Å². The van der Waals surface area contributed by atoms with Crippen LogP contribution in [-0.2, 0) is 0 Å². The average molecular weight is 345 g/mol. The lowest BCUT2D eigenvalue weighted by molar-refractivity contribution is 0.0957. The highest BCUT2D eigenvalue weighted by atomic mass is 16.2. The standard InChI is InChI=1S/C22H23N3O/c26-22(21-12-6-8-18-7-4-5-11-20(18)21)24-23-15-17-13-14-25(16-17)19-9-2-1-3-10-19/h4-8,11-16,19H,1-3,9-10H2,(H,24,26)/b23-15-. The molecule has 0 unspecified atom stereocenters. The molecule has 0 atom stereocenters. The van der Waals surface area contributed by atoms with Gasteiger partial charge in [-0.05, 0) is 35.7 Å². The lowest BCUT2D eigenvalue weighted by Crippen LogP contribution is -2.17. The van der Waals surface area contributed by atoms with Crippen molar-refractivity contribution in [2.45, 2.75) is 38.1 Å². The third-order valence-electron chi connectivity index (χ3n) is 5.15. The van der Waals surface area contributed by atoms with E-state index in [1.807, 2.05) is 48.5 Å². The predicted octanol–water partition coefficient (Wildman–Crippen LogP) is 4.91. The minimum atomic E-state index is -0.190. The highest BCUT2D eigenvalue weighted by molar-refractivity contribution is 6.07. The molecule has 0 saturated heterocycles. The first kappa shape index (κ1) is 16.6. The summed E-state index contributed by atoms with van der Waals surface area (Å²) in [5.74, 6) is -0.190. The Bertz CT molecular complexity index is 930. The van der Waals surface area contributed by atoms with Crippen molar-refractivity contribution >= 4 is 22.9 Å². The number of hydrogen-bond acceptors (Lipinski definition) is 2. The quantitative estimate of drug-likeness (QED) is 0.530. The Labute approximate surface area is 153 Å². The molecule has 132 valence electrons. The lowest BCUT2D eigenvalue weighted by Gasteiger charge is -2.23. The molecule has 4 rings (SSSR count). The molecule has 4 nitrogen and oxygen atoms in total. The van der Waals surface area contributed by atoms with E-state index in [9.17, 15) is 4.79 Å². The van der Waals surface area contributed by atoms with Crippen molar-refractivity contribution in [3.8, 4) is 0 Å². The zero-order valence-corrected chi connectivity index (χ0v) is 14.8. The number of amides is 1. The lowest BCUT2D eigenvalue weighted by atomic mass is 9.95. The molecule has 1 fully saturated rings. The Balaban J connectivity index is 1.43.